The molecule has 2 heterocycles. The maximum atomic E-state index is 14.5. The van der Waals surface area contributed by atoms with Gasteiger partial charge in [0.25, 0.3) is 0 Å². The van der Waals surface area contributed by atoms with E-state index in [1.54, 1.807) is 13.2 Å². The summed E-state index contributed by atoms with van der Waals surface area (Å²) in [5.74, 6) is 1.78. The molecule has 1 atom stereocenters. The zero-order valence-corrected chi connectivity index (χ0v) is 18.4. The van der Waals surface area contributed by atoms with Gasteiger partial charge in [-0.05, 0) is 57.4 Å². The lowest BCUT2D eigenvalue weighted by Gasteiger charge is -2.31. The Balaban J connectivity index is 1.35. The monoisotopic (exact) mass is 428 g/mol. The van der Waals surface area contributed by atoms with E-state index in [9.17, 15) is 4.39 Å². The van der Waals surface area contributed by atoms with E-state index in [2.05, 4.69) is 37.8 Å². The molecule has 0 aromatic carbocycles. The quantitative estimate of drug-likeness (QED) is 0.530. The molecule has 2 fully saturated rings. The summed E-state index contributed by atoms with van der Waals surface area (Å²) in [5.41, 5.74) is 1.01. The van der Waals surface area contributed by atoms with Crippen molar-refractivity contribution in [1.82, 2.24) is 20.3 Å². The number of nitrogens with one attached hydrogen (secondary N) is 3. The molecule has 0 unspecified atom stereocenters. The number of halogens is 1. The van der Waals surface area contributed by atoms with Gasteiger partial charge >= 0.3 is 0 Å². The number of hydrogen-bond donors (Lipinski definition) is 3. The first-order valence-corrected chi connectivity index (χ1v) is 11.3. The maximum absolute atomic E-state index is 14.5. The Labute approximate surface area is 183 Å². The molecule has 0 spiro atoms. The molecule has 0 radical (unpaired) electrons. The van der Waals surface area contributed by atoms with Crippen molar-refractivity contribution in [2.45, 2.75) is 63.6 Å². The number of ether oxygens (including phenoxy) is 1. The molecule has 0 bridgehead atoms. The van der Waals surface area contributed by atoms with Crippen molar-refractivity contribution in [3.63, 3.8) is 0 Å². The van der Waals surface area contributed by atoms with Gasteiger partial charge in [0.1, 0.15) is 18.0 Å². The number of nitrogens with zero attached hydrogens (tertiary/aromatic N) is 3. The summed E-state index contributed by atoms with van der Waals surface area (Å²) in [5, 5.41) is 10.4. The number of rotatable bonds is 10. The van der Waals surface area contributed by atoms with Gasteiger partial charge in [-0.1, -0.05) is 0 Å². The second kappa shape index (κ2) is 10.3. The summed E-state index contributed by atoms with van der Waals surface area (Å²) in [6.07, 6.45) is 9.59. The molecule has 3 N–H and O–H groups in total. The third-order valence-electron chi connectivity index (χ3n) is 6.08. The number of anilines is 2. The van der Waals surface area contributed by atoms with Crippen LogP contribution in [0.1, 0.15) is 45.4 Å². The normalized spacial score (nSPS) is 22.2. The zero-order chi connectivity index (χ0) is 21.6. The fourth-order valence-corrected chi connectivity index (χ4v) is 4.20. The topological polar surface area (TPSA) is 84.0 Å². The van der Waals surface area contributed by atoms with E-state index in [-0.39, 0.29) is 5.82 Å². The summed E-state index contributed by atoms with van der Waals surface area (Å²) < 4.78 is 19.7. The van der Waals surface area contributed by atoms with Crippen LogP contribution in [0.3, 0.4) is 0 Å². The Morgan fingerprint density at radius 1 is 1.03 bits per heavy atom. The minimum absolute atomic E-state index is 0.336. The van der Waals surface area contributed by atoms with Crippen LogP contribution >= 0.6 is 0 Å². The Kier molecular flexibility index (Phi) is 7.29. The van der Waals surface area contributed by atoms with Crippen molar-refractivity contribution in [3.05, 3.63) is 30.5 Å². The van der Waals surface area contributed by atoms with E-state index >= 15 is 0 Å². The van der Waals surface area contributed by atoms with Crippen LogP contribution in [0.4, 0.5) is 16.0 Å². The Bertz CT molecular complexity index is 854. The van der Waals surface area contributed by atoms with Gasteiger partial charge in [-0.3, -0.25) is 0 Å². The fourth-order valence-electron chi connectivity index (χ4n) is 4.20. The molecule has 2 aromatic heterocycles. The van der Waals surface area contributed by atoms with Crippen molar-refractivity contribution in [1.29, 1.82) is 0 Å². The summed E-state index contributed by atoms with van der Waals surface area (Å²) in [6, 6.07) is 4.78. The highest BCUT2D eigenvalue weighted by atomic mass is 19.1. The van der Waals surface area contributed by atoms with Gasteiger partial charge in [-0.25, -0.2) is 19.3 Å². The zero-order valence-electron chi connectivity index (χ0n) is 18.4. The summed E-state index contributed by atoms with van der Waals surface area (Å²) in [6.45, 7) is 3.78. The average molecular weight is 429 g/mol. The van der Waals surface area contributed by atoms with E-state index in [1.165, 1.54) is 25.4 Å². The lowest BCUT2D eigenvalue weighted by Crippen LogP contribution is -2.42. The molecule has 8 heteroatoms. The van der Waals surface area contributed by atoms with Crippen LogP contribution in [0.25, 0.3) is 11.3 Å². The van der Waals surface area contributed by atoms with Gasteiger partial charge in [-0.15, -0.1) is 0 Å². The number of aromatic nitrogens is 3. The molecule has 7 nitrogen and oxygen atoms in total. The second-order valence-electron chi connectivity index (χ2n) is 8.88. The van der Waals surface area contributed by atoms with Crippen LogP contribution in [0.5, 0.6) is 0 Å². The standard InChI is InChI=1S/C23H33FN6O/c1-15(13-31-2)29-17-5-7-18(8-6-17)30-23-9-19(20(24)12-26-23)21-10-22(28-14-27-21)25-11-16-3-4-16/h9-10,12,14-18,29H,3-8,11,13H2,1-2H3,(H,26,30)(H,25,27,28)/t15-,17?,18?/m0/s1. The molecule has 0 amide bonds. The van der Waals surface area contributed by atoms with Gasteiger partial charge in [0.15, 0.2) is 5.82 Å². The van der Waals surface area contributed by atoms with Crippen molar-refractivity contribution in [2.24, 2.45) is 5.92 Å². The third-order valence-corrected chi connectivity index (χ3v) is 6.08. The molecule has 168 valence electrons. The van der Waals surface area contributed by atoms with E-state index in [0.29, 0.717) is 35.2 Å². The van der Waals surface area contributed by atoms with Crippen LogP contribution in [0, 0.1) is 11.7 Å². The second-order valence-corrected chi connectivity index (χ2v) is 8.88. The molecular weight excluding hydrogens is 395 g/mol. The number of pyridine rings is 1. The largest absolute Gasteiger partial charge is 0.383 e. The van der Waals surface area contributed by atoms with Crippen LogP contribution in [0.2, 0.25) is 0 Å². The lowest BCUT2D eigenvalue weighted by molar-refractivity contribution is 0.161. The summed E-state index contributed by atoms with van der Waals surface area (Å²) >= 11 is 0. The number of methoxy groups -OCH3 is 1. The van der Waals surface area contributed by atoms with E-state index in [0.717, 1.165) is 50.6 Å². The molecule has 31 heavy (non-hydrogen) atoms. The van der Waals surface area contributed by atoms with Crippen molar-refractivity contribution >= 4 is 11.6 Å². The van der Waals surface area contributed by atoms with Gasteiger partial charge < -0.3 is 20.7 Å². The Hall–Kier alpha value is -2.32. The molecule has 2 saturated carbocycles. The van der Waals surface area contributed by atoms with Gasteiger partial charge in [0, 0.05) is 43.4 Å². The van der Waals surface area contributed by atoms with E-state index < -0.39 is 0 Å². The Morgan fingerprint density at radius 2 is 1.81 bits per heavy atom. The molecule has 0 aliphatic heterocycles. The van der Waals surface area contributed by atoms with Gasteiger partial charge in [0.05, 0.1) is 18.5 Å². The average Bonchev–Trinajstić information content (AvgIpc) is 3.60. The Morgan fingerprint density at radius 3 is 2.55 bits per heavy atom. The molecule has 2 aliphatic carbocycles. The van der Waals surface area contributed by atoms with E-state index in [1.807, 2.05) is 6.07 Å². The highest BCUT2D eigenvalue weighted by molar-refractivity contribution is 5.65. The highest BCUT2D eigenvalue weighted by Crippen LogP contribution is 2.30. The molecule has 2 aliphatic rings. The third kappa shape index (κ3) is 6.33. The maximum Gasteiger partial charge on any atom is 0.151 e. The molecule has 2 aromatic rings. The SMILES string of the molecule is COC[C@H](C)NC1CCC(Nc2cc(-c3cc(NCC4CC4)ncn3)c(F)cn2)CC1. The van der Waals surface area contributed by atoms with Crippen molar-refractivity contribution in [3.8, 4) is 11.3 Å². The van der Waals surface area contributed by atoms with Crippen LogP contribution in [-0.2, 0) is 4.74 Å². The minimum atomic E-state index is -0.377. The predicted molar refractivity (Wildman–Crippen MR) is 121 cm³/mol. The van der Waals surface area contributed by atoms with Crippen molar-refractivity contribution < 1.29 is 9.13 Å². The lowest BCUT2D eigenvalue weighted by atomic mass is 9.90. The smallest absolute Gasteiger partial charge is 0.151 e. The fraction of sp³-hybridized carbons (Fsp3) is 0.609. The first kappa shape index (κ1) is 21.9. The first-order chi connectivity index (χ1) is 15.1. The molecular formula is C23H33FN6O. The van der Waals surface area contributed by atoms with E-state index in [4.69, 9.17) is 4.74 Å². The predicted octanol–water partition coefficient (Wildman–Crippen LogP) is 3.85. The molecule has 4 rings (SSSR count). The molecule has 0 saturated heterocycles. The minimum Gasteiger partial charge on any atom is -0.383 e. The van der Waals surface area contributed by atoms with Crippen LogP contribution in [-0.4, -0.2) is 53.3 Å². The van der Waals surface area contributed by atoms with Gasteiger partial charge in [-0.2, -0.15) is 0 Å². The summed E-state index contributed by atoms with van der Waals surface area (Å²) in [4.78, 5) is 12.8. The summed E-state index contributed by atoms with van der Waals surface area (Å²) in [7, 11) is 1.73. The van der Waals surface area contributed by atoms with Crippen LogP contribution < -0.4 is 16.0 Å². The first-order valence-electron chi connectivity index (χ1n) is 11.3. The van der Waals surface area contributed by atoms with Crippen LogP contribution in [0.15, 0.2) is 24.7 Å². The number of hydrogen-bond acceptors (Lipinski definition) is 7. The van der Waals surface area contributed by atoms with Crippen molar-refractivity contribution in [2.75, 3.05) is 30.9 Å². The van der Waals surface area contributed by atoms with Gasteiger partial charge in [0.2, 0.25) is 0 Å². The highest BCUT2D eigenvalue weighted by Gasteiger charge is 2.23.